The van der Waals surface area contributed by atoms with Crippen LogP contribution in [0.15, 0.2) is 0 Å². The standard InChI is InChI=1S/C17H29N3O4/c1-12(2)18-17(23)19-9-10-20(14(11-19)16(22)24-3)15(21)13-7-5-4-6-8-13/h12-14H,4-11H2,1-3H3,(H,18,23)/t14-/m1/s1. The Labute approximate surface area is 143 Å². The van der Waals surface area contributed by atoms with E-state index < -0.39 is 12.0 Å². The fraction of sp³-hybridized carbons (Fsp3) is 0.824. The highest BCUT2D eigenvalue weighted by molar-refractivity contribution is 5.87. The first-order chi connectivity index (χ1) is 11.4. The number of ether oxygens (including phenoxy) is 1. The fourth-order valence-corrected chi connectivity index (χ4v) is 3.49. The van der Waals surface area contributed by atoms with E-state index in [2.05, 4.69) is 5.32 Å². The highest BCUT2D eigenvalue weighted by Gasteiger charge is 2.40. The molecule has 1 N–H and O–H groups in total. The molecule has 2 aliphatic rings. The van der Waals surface area contributed by atoms with Crippen LogP contribution in [-0.2, 0) is 14.3 Å². The normalized spacial score (nSPS) is 22.4. The molecule has 2 fully saturated rings. The van der Waals surface area contributed by atoms with Crippen molar-refractivity contribution >= 4 is 17.9 Å². The van der Waals surface area contributed by atoms with Crippen molar-refractivity contribution in [3.63, 3.8) is 0 Å². The number of hydrogen-bond acceptors (Lipinski definition) is 4. The van der Waals surface area contributed by atoms with E-state index in [1.165, 1.54) is 13.5 Å². The van der Waals surface area contributed by atoms with Crippen LogP contribution in [0.25, 0.3) is 0 Å². The minimum atomic E-state index is -0.712. The van der Waals surface area contributed by atoms with Crippen molar-refractivity contribution in [3.8, 4) is 0 Å². The second-order valence-corrected chi connectivity index (χ2v) is 6.96. The lowest BCUT2D eigenvalue weighted by atomic mass is 9.87. The monoisotopic (exact) mass is 339 g/mol. The number of rotatable bonds is 3. The van der Waals surface area contributed by atoms with Crippen LogP contribution in [0.3, 0.4) is 0 Å². The van der Waals surface area contributed by atoms with Gasteiger partial charge in [-0.1, -0.05) is 19.3 Å². The number of amides is 3. The molecule has 7 heteroatoms. The van der Waals surface area contributed by atoms with Crippen LogP contribution in [0.1, 0.15) is 46.0 Å². The summed E-state index contributed by atoms with van der Waals surface area (Å²) >= 11 is 0. The van der Waals surface area contributed by atoms with Gasteiger partial charge >= 0.3 is 12.0 Å². The lowest BCUT2D eigenvalue weighted by Gasteiger charge is -2.41. The third kappa shape index (κ3) is 4.39. The molecule has 0 aromatic heterocycles. The Balaban J connectivity index is 2.07. The Morgan fingerprint density at radius 3 is 2.33 bits per heavy atom. The summed E-state index contributed by atoms with van der Waals surface area (Å²) in [5.41, 5.74) is 0. The van der Waals surface area contributed by atoms with E-state index in [0.29, 0.717) is 13.1 Å². The molecule has 136 valence electrons. The van der Waals surface area contributed by atoms with Crippen LogP contribution in [0.5, 0.6) is 0 Å². The average molecular weight is 339 g/mol. The lowest BCUT2D eigenvalue weighted by molar-refractivity contribution is -0.157. The molecular formula is C17H29N3O4. The van der Waals surface area contributed by atoms with Gasteiger partial charge in [0.25, 0.3) is 0 Å². The van der Waals surface area contributed by atoms with Gasteiger partial charge in [-0.15, -0.1) is 0 Å². The summed E-state index contributed by atoms with van der Waals surface area (Å²) in [4.78, 5) is 40.4. The Morgan fingerprint density at radius 1 is 1.08 bits per heavy atom. The van der Waals surface area contributed by atoms with Crippen molar-refractivity contribution in [3.05, 3.63) is 0 Å². The molecule has 0 bridgehead atoms. The van der Waals surface area contributed by atoms with E-state index in [0.717, 1.165) is 25.7 Å². The summed E-state index contributed by atoms with van der Waals surface area (Å²) in [6, 6.07) is -0.893. The number of hydrogen-bond donors (Lipinski definition) is 1. The molecule has 0 aromatic carbocycles. The third-order valence-electron chi connectivity index (χ3n) is 4.79. The summed E-state index contributed by atoms with van der Waals surface area (Å²) < 4.78 is 4.88. The van der Waals surface area contributed by atoms with Crippen molar-refractivity contribution < 1.29 is 19.1 Å². The van der Waals surface area contributed by atoms with E-state index in [9.17, 15) is 14.4 Å². The number of esters is 1. The van der Waals surface area contributed by atoms with Crippen LogP contribution in [0, 0.1) is 5.92 Å². The van der Waals surface area contributed by atoms with E-state index >= 15 is 0 Å². The van der Waals surface area contributed by atoms with Gasteiger partial charge in [0, 0.05) is 25.0 Å². The Kier molecular flexibility index (Phi) is 6.45. The third-order valence-corrected chi connectivity index (χ3v) is 4.79. The quantitative estimate of drug-likeness (QED) is 0.788. The maximum Gasteiger partial charge on any atom is 0.330 e. The maximum atomic E-state index is 12.8. The molecular weight excluding hydrogens is 310 g/mol. The molecule has 1 aliphatic heterocycles. The Hall–Kier alpha value is -1.79. The maximum absolute atomic E-state index is 12.8. The van der Waals surface area contributed by atoms with Crippen LogP contribution >= 0.6 is 0 Å². The number of carbonyl (C=O) groups is 3. The second kappa shape index (κ2) is 8.35. The van der Waals surface area contributed by atoms with E-state index in [1.807, 2.05) is 13.8 Å². The summed E-state index contributed by atoms with van der Waals surface area (Å²) in [6.07, 6.45) is 5.08. The molecule has 1 saturated carbocycles. The van der Waals surface area contributed by atoms with Gasteiger partial charge < -0.3 is 19.9 Å². The van der Waals surface area contributed by atoms with Crippen LogP contribution < -0.4 is 5.32 Å². The molecule has 24 heavy (non-hydrogen) atoms. The van der Waals surface area contributed by atoms with Gasteiger partial charge in [0.05, 0.1) is 13.7 Å². The molecule has 1 atom stereocenters. The zero-order valence-electron chi connectivity index (χ0n) is 14.9. The smallest absolute Gasteiger partial charge is 0.330 e. The minimum Gasteiger partial charge on any atom is -0.467 e. The van der Waals surface area contributed by atoms with Gasteiger partial charge in [0.1, 0.15) is 6.04 Å². The number of carbonyl (C=O) groups excluding carboxylic acids is 3. The minimum absolute atomic E-state index is 0.00180. The molecule has 0 radical (unpaired) electrons. The number of methoxy groups -OCH3 is 1. The van der Waals surface area contributed by atoms with Gasteiger partial charge in [-0.25, -0.2) is 9.59 Å². The first kappa shape index (κ1) is 18.5. The van der Waals surface area contributed by atoms with E-state index in [4.69, 9.17) is 4.74 Å². The second-order valence-electron chi connectivity index (χ2n) is 6.96. The largest absolute Gasteiger partial charge is 0.467 e. The summed E-state index contributed by atoms with van der Waals surface area (Å²) in [5, 5.41) is 2.83. The van der Waals surface area contributed by atoms with Crippen molar-refractivity contribution in [1.29, 1.82) is 0 Å². The van der Waals surface area contributed by atoms with Crippen LogP contribution in [-0.4, -0.2) is 66.5 Å². The van der Waals surface area contributed by atoms with E-state index in [1.54, 1.807) is 9.80 Å². The molecule has 1 heterocycles. The molecule has 7 nitrogen and oxygen atoms in total. The number of piperazine rings is 1. The predicted molar refractivity (Wildman–Crippen MR) is 89.3 cm³/mol. The van der Waals surface area contributed by atoms with E-state index in [-0.39, 0.29) is 30.4 Å². The average Bonchev–Trinajstić information content (AvgIpc) is 2.60. The number of urea groups is 1. The van der Waals surface area contributed by atoms with Gasteiger partial charge in [0.15, 0.2) is 0 Å². The van der Waals surface area contributed by atoms with Gasteiger partial charge in [0.2, 0.25) is 5.91 Å². The molecule has 0 unspecified atom stereocenters. The molecule has 0 aromatic rings. The summed E-state index contributed by atoms with van der Waals surface area (Å²) in [6.45, 7) is 4.77. The molecule has 1 aliphatic carbocycles. The first-order valence-corrected chi connectivity index (χ1v) is 8.87. The first-order valence-electron chi connectivity index (χ1n) is 8.87. The number of nitrogens with one attached hydrogen (secondary N) is 1. The van der Waals surface area contributed by atoms with Crippen molar-refractivity contribution in [2.75, 3.05) is 26.7 Å². The Morgan fingerprint density at radius 2 is 1.75 bits per heavy atom. The predicted octanol–water partition coefficient (Wildman–Crippen LogP) is 1.37. The summed E-state index contributed by atoms with van der Waals surface area (Å²) in [5.74, 6) is -0.419. The topological polar surface area (TPSA) is 79.0 Å². The zero-order chi connectivity index (χ0) is 17.7. The highest BCUT2D eigenvalue weighted by Crippen LogP contribution is 2.27. The molecule has 2 rings (SSSR count). The summed E-state index contributed by atoms with van der Waals surface area (Å²) in [7, 11) is 1.32. The van der Waals surface area contributed by atoms with Crippen LogP contribution in [0.4, 0.5) is 4.79 Å². The van der Waals surface area contributed by atoms with Crippen LogP contribution in [0.2, 0.25) is 0 Å². The van der Waals surface area contributed by atoms with Crippen molar-refractivity contribution in [1.82, 2.24) is 15.1 Å². The molecule has 0 spiro atoms. The molecule has 3 amide bonds. The lowest BCUT2D eigenvalue weighted by Crippen LogP contribution is -2.62. The van der Waals surface area contributed by atoms with Crippen molar-refractivity contribution in [2.24, 2.45) is 5.92 Å². The van der Waals surface area contributed by atoms with Gasteiger partial charge in [-0.05, 0) is 26.7 Å². The van der Waals surface area contributed by atoms with Crippen molar-refractivity contribution in [2.45, 2.75) is 58.0 Å². The highest BCUT2D eigenvalue weighted by atomic mass is 16.5. The molecule has 1 saturated heterocycles. The number of nitrogens with zero attached hydrogens (tertiary/aromatic N) is 2. The van der Waals surface area contributed by atoms with Gasteiger partial charge in [-0.2, -0.15) is 0 Å². The van der Waals surface area contributed by atoms with Gasteiger partial charge in [-0.3, -0.25) is 4.79 Å². The Bertz CT molecular complexity index is 474. The zero-order valence-corrected chi connectivity index (χ0v) is 14.9. The fourth-order valence-electron chi connectivity index (χ4n) is 3.49. The SMILES string of the molecule is COC(=O)[C@H]1CN(C(=O)NC(C)C)CCN1C(=O)C1CCCCC1.